The minimum absolute atomic E-state index is 0.142. The molecule has 4 heteroatoms. The average Bonchev–Trinajstić information content (AvgIpc) is 3.08. The summed E-state index contributed by atoms with van der Waals surface area (Å²) in [5.41, 5.74) is 0.767. The van der Waals surface area contributed by atoms with E-state index in [-0.39, 0.29) is 5.91 Å². The fourth-order valence-electron chi connectivity index (χ4n) is 3.32. The molecule has 0 aromatic heterocycles. The van der Waals surface area contributed by atoms with Crippen molar-refractivity contribution in [2.24, 2.45) is 0 Å². The molecule has 1 saturated carbocycles. The minimum atomic E-state index is 0.142. The van der Waals surface area contributed by atoms with Crippen molar-refractivity contribution in [3.8, 4) is 5.75 Å². The van der Waals surface area contributed by atoms with E-state index in [1.165, 1.54) is 12.8 Å². The molecule has 1 aromatic rings. The zero-order valence-electron chi connectivity index (χ0n) is 13.5. The van der Waals surface area contributed by atoms with Gasteiger partial charge < -0.3 is 14.5 Å². The van der Waals surface area contributed by atoms with Gasteiger partial charge in [0.05, 0.1) is 6.10 Å². The highest BCUT2D eigenvalue weighted by atomic mass is 16.5. The van der Waals surface area contributed by atoms with Gasteiger partial charge in [0.1, 0.15) is 5.75 Å². The lowest BCUT2D eigenvalue weighted by Crippen LogP contribution is -2.48. The summed E-state index contributed by atoms with van der Waals surface area (Å²) in [7, 11) is 0. The van der Waals surface area contributed by atoms with Gasteiger partial charge in [-0.3, -0.25) is 4.79 Å². The first kappa shape index (κ1) is 15.3. The van der Waals surface area contributed by atoms with Gasteiger partial charge in [-0.2, -0.15) is 0 Å². The number of carbonyl (C=O) groups excluding carboxylic acids is 1. The summed E-state index contributed by atoms with van der Waals surface area (Å²) in [6, 6.07) is 7.68. The van der Waals surface area contributed by atoms with Crippen LogP contribution >= 0.6 is 0 Å². The van der Waals surface area contributed by atoms with Crippen LogP contribution in [0.3, 0.4) is 0 Å². The van der Waals surface area contributed by atoms with Crippen molar-refractivity contribution in [2.45, 2.75) is 38.7 Å². The number of piperazine rings is 1. The van der Waals surface area contributed by atoms with Gasteiger partial charge in [-0.15, -0.1) is 0 Å². The molecule has 0 unspecified atom stereocenters. The van der Waals surface area contributed by atoms with Crippen LogP contribution in [0.15, 0.2) is 24.3 Å². The second kappa shape index (κ2) is 7.14. The Bertz CT molecular complexity index is 486. The van der Waals surface area contributed by atoms with Crippen molar-refractivity contribution in [3.05, 3.63) is 29.8 Å². The monoisotopic (exact) mass is 302 g/mol. The smallest absolute Gasteiger partial charge is 0.253 e. The van der Waals surface area contributed by atoms with Crippen molar-refractivity contribution in [3.63, 3.8) is 0 Å². The summed E-state index contributed by atoms with van der Waals surface area (Å²) in [4.78, 5) is 16.9. The van der Waals surface area contributed by atoms with Crippen LogP contribution in [0.2, 0.25) is 0 Å². The van der Waals surface area contributed by atoms with Crippen LogP contribution < -0.4 is 4.74 Å². The maximum Gasteiger partial charge on any atom is 0.253 e. The standard InChI is InChI=1S/C18H26N2O2/c1-2-19-11-13-20(14-12-19)18(21)15-7-9-17(10-8-15)22-16-5-3-4-6-16/h7-10,16H,2-6,11-14H2,1H3. The van der Waals surface area contributed by atoms with Crippen molar-refractivity contribution < 1.29 is 9.53 Å². The van der Waals surface area contributed by atoms with Crippen molar-refractivity contribution >= 4 is 5.91 Å². The zero-order chi connectivity index (χ0) is 15.4. The summed E-state index contributed by atoms with van der Waals surface area (Å²) < 4.78 is 5.95. The summed E-state index contributed by atoms with van der Waals surface area (Å²) in [5.74, 6) is 1.03. The highest BCUT2D eigenvalue weighted by molar-refractivity contribution is 5.94. The number of hydrogen-bond donors (Lipinski definition) is 0. The average molecular weight is 302 g/mol. The first-order valence-corrected chi connectivity index (χ1v) is 8.54. The number of ether oxygens (including phenoxy) is 1. The van der Waals surface area contributed by atoms with E-state index in [1.807, 2.05) is 29.2 Å². The highest BCUT2D eigenvalue weighted by Crippen LogP contribution is 2.24. The molecule has 2 aliphatic rings. The normalized spacial score (nSPS) is 20.3. The van der Waals surface area contributed by atoms with Crippen LogP contribution in [0.25, 0.3) is 0 Å². The van der Waals surface area contributed by atoms with E-state index in [0.717, 1.165) is 56.9 Å². The Morgan fingerprint density at radius 3 is 2.32 bits per heavy atom. The molecule has 1 heterocycles. The fraction of sp³-hybridized carbons (Fsp3) is 0.611. The molecular formula is C18H26N2O2. The molecule has 0 radical (unpaired) electrons. The molecule has 1 aliphatic carbocycles. The van der Waals surface area contributed by atoms with Crippen molar-refractivity contribution in [1.82, 2.24) is 9.80 Å². The fourth-order valence-corrected chi connectivity index (χ4v) is 3.32. The molecular weight excluding hydrogens is 276 g/mol. The highest BCUT2D eigenvalue weighted by Gasteiger charge is 2.21. The van der Waals surface area contributed by atoms with Gasteiger partial charge in [0.25, 0.3) is 5.91 Å². The molecule has 0 spiro atoms. The maximum atomic E-state index is 12.5. The van der Waals surface area contributed by atoms with E-state index in [2.05, 4.69) is 11.8 Å². The molecule has 1 saturated heterocycles. The first-order chi connectivity index (χ1) is 10.8. The van der Waals surface area contributed by atoms with Gasteiger partial charge in [0.15, 0.2) is 0 Å². The molecule has 22 heavy (non-hydrogen) atoms. The van der Waals surface area contributed by atoms with Crippen molar-refractivity contribution in [2.75, 3.05) is 32.7 Å². The van der Waals surface area contributed by atoms with Gasteiger partial charge >= 0.3 is 0 Å². The van der Waals surface area contributed by atoms with E-state index in [4.69, 9.17) is 4.74 Å². The number of rotatable bonds is 4. The second-order valence-electron chi connectivity index (χ2n) is 6.28. The predicted octanol–water partition coefficient (Wildman–Crippen LogP) is 2.79. The zero-order valence-corrected chi connectivity index (χ0v) is 13.5. The van der Waals surface area contributed by atoms with Crippen molar-refractivity contribution in [1.29, 1.82) is 0 Å². The van der Waals surface area contributed by atoms with Crippen LogP contribution in [0.1, 0.15) is 43.0 Å². The second-order valence-corrected chi connectivity index (χ2v) is 6.28. The van der Waals surface area contributed by atoms with E-state index >= 15 is 0 Å². The van der Waals surface area contributed by atoms with Gasteiger partial charge in [0, 0.05) is 31.7 Å². The molecule has 0 bridgehead atoms. The molecule has 0 N–H and O–H groups in total. The third kappa shape index (κ3) is 3.61. The number of likely N-dealkylation sites (N-methyl/N-ethyl adjacent to an activating group) is 1. The number of hydrogen-bond acceptors (Lipinski definition) is 3. The van der Waals surface area contributed by atoms with E-state index < -0.39 is 0 Å². The number of benzene rings is 1. The van der Waals surface area contributed by atoms with E-state index in [1.54, 1.807) is 0 Å². The first-order valence-electron chi connectivity index (χ1n) is 8.54. The molecule has 2 fully saturated rings. The van der Waals surface area contributed by atoms with Crippen LogP contribution in [0, 0.1) is 0 Å². The lowest BCUT2D eigenvalue weighted by Gasteiger charge is -2.34. The Morgan fingerprint density at radius 2 is 1.73 bits per heavy atom. The molecule has 0 atom stereocenters. The Balaban J connectivity index is 1.56. The lowest BCUT2D eigenvalue weighted by atomic mass is 10.1. The Hall–Kier alpha value is -1.55. The van der Waals surface area contributed by atoms with Gasteiger partial charge in [-0.05, 0) is 56.5 Å². The van der Waals surface area contributed by atoms with Gasteiger partial charge in [-0.25, -0.2) is 0 Å². The summed E-state index contributed by atoms with van der Waals surface area (Å²) in [6.45, 7) is 6.84. The van der Waals surface area contributed by atoms with Gasteiger partial charge in [-0.1, -0.05) is 6.92 Å². The van der Waals surface area contributed by atoms with Crippen LogP contribution in [-0.4, -0.2) is 54.5 Å². The van der Waals surface area contributed by atoms with Gasteiger partial charge in [0.2, 0.25) is 0 Å². The molecule has 3 rings (SSSR count). The number of amides is 1. The molecule has 4 nitrogen and oxygen atoms in total. The van der Waals surface area contributed by atoms with E-state index in [0.29, 0.717) is 6.10 Å². The Labute approximate surface area is 133 Å². The lowest BCUT2D eigenvalue weighted by molar-refractivity contribution is 0.0643. The number of carbonyl (C=O) groups is 1. The maximum absolute atomic E-state index is 12.5. The Kier molecular flexibility index (Phi) is 4.98. The summed E-state index contributed by atoms with van der Waals surface area (Å²) >= 11 is 0. The molecule has 1 aliphatic heterocycles. The number of nitrogens with zero attached hydrogens (tertiary/aromatic N) is 2. The topological polar surface area (TPSA) is 32.8 Å². The van der Waals surface area contributed by atoms with Crippen LogP contribution in [0.5, 0.6) is 5.75 Å². The quantitative estimate of drug-likeness (QED) is 0.857. The summed E-state index contributed by atoms with van der Waals surface area (Å²) in [6.07, 6.45) is 5.21. The predicted molar refractivity (Wildman–Crippen MR) is 87.3 cm³/mol. The van der Waals surface area contributed by atoms with Crippen LogP contribution in [0.4, 0.5) is 0 Å². The van der Waals surface area contributed by atoms with Crippen LogP contribution in [-0.2, 0) is 0 Å². The SMILES string of the molecule is CCN1CCN(C(=O)c2ccc(OC3CCCC3)cc2)CC1. The largest absolute Gasteiger partial charge is 0.490 e. The Morgan fingerprint density at radius 1 is 1.09 bits per heavy atom. The summed E-state index contributed by atoms with van der Waals surface area (Å²) in [5, 5.41) is 0. The molecule has 120 valence electrons. The minimum Gasteiger partial charge on any atom is -0.490 e. The third-order valence-electron chi connectivity index (χ3n) is 4.81. The van der Waals surface area contributed by atoms with E-state index in [9.17, 15) is 4.79 Å². The third-order valence-corrected chi connectivity index (χ3v) is 4.81. The molecule has 1 aromatic carbocycles. The molecule has 1 amide bonds.